The minimum atomic E-state index is -0.655. The van der Waals surface area contributed by atoms with Crippen molar-refractivity contribution in [3.63, 3.8) is 0 Å². The third kappa shape index (κ3) is 2.12. The first-order valence-electron chi connectivity index (χ1n) is 6.66. The van der Waals surface area contributed by atoms with Crippen LogP contribution in [0, 0.1) is 0 Å². The molecule has 1 atom stereocenters. The van der Waals surface area contributed by atoms with Gasteiger partial charge in [-0.05, 0) is 30.0 Å². The summed E-state index contributed by atoms with van der Waals surface area (Å²) in [5, 5.41) is 10.4. The molecule has 19 heavy (non-hydrogen) atoms. The van der Waals surface area contributed by atoms with Gasteiger partial charge in [0.2, 0.25) is 0 Å². The van der Waals surface area contributed by atoms with Gasteiger partial charge in [-0.15, -0.1) is 0 Å². The third-order valence-electron chi connectivity index (χ3n) is 3.87. The molecular weight excluding hydrogens is 238 g/mol. The first-order valence-corrected chi connectivity index (χ1v) is 6.66. The summed E-state index contributed by atoms with van der Waals surface area (Å²) >= 11 is 0. The number of aliphatic hydroxyl groups is 1. The minimum Gasteiger partial charge on any atom is -0.380 e. The minimum absolute atomic E-state index is 0.655. The van der Waals surface area contributed by atoms with E-state index < -0.39 is 6.10 Å². The van der Waals surface area contributed by atoms with E-state index in [1.165, 1.54) is 17.7 Å². The first-order chi connectivity index (χ1) is 9.16. The average molecular weight is 257 g/mol. The number of rotatable bonds is 2. The Morgan fingerprint density at radius 2 is 2.16 bits per heavy atom. The molecule has 0 saturated heterocycles. The van der Waals surface area contributed by atoms with Crippen molar-refractivity contribution in [1.82, 2.24) is 9.55 Å². The van der Waals surface area contributed by atoms with Crippen LogP contribution >= 0.6 is 0 Å². The van der Waals surface area contributed by atoms with Gasteiger partial charge in [0.25, 0.3) is 0 Å². The van der Waals surface area contributed by atoms with E-state index >= 15 is 0 Å². The fourth-order valence-corrected chi connectivity index (χ4v) is 2.76. The number of hydrogen-bond donors (Lipinski definition) is 1. The fraction of sp³-hybridized carbons (Fsp3) is 0.400. The van der Waals surface area contributed by atoms with Crippen molar-refractivity contribution in [2.24, 2.45) is 7.05 Å². The fourth-order valence-electron chi connectivity index (χ4n) is 2.76. The molecule has 0 saturated carbocycles. The molecule has 0 radical (unpaired) electrons. The van der Waals surface area contributed by atoms with Crippen molar-refractivity contribution >= 4 is 5.69 Å². The molecule has 0 bridgehead atoms. The zero-order valence-electron chi connectivity index (χ0n) is 11.4. The molecule has 1 aliphatic rings. The lowest BCUT2D eigenvalue weighted by atomic mass is 9.97. The molecule has 0 spiro atoms. The number of aromatic nitrogens is 2. The van der Waals surface area contributed by atoms with Crippen LogP contribution in [0.15, 0.2) is 30.6 Å². The van der Waals surface area contributed by atoms with Crippen molar-refractivity contribution < 1.29 is 5.11 Å². The third-order valence-corrected chi connectivity index (χ3v) is 3.87. The van der Waals surface area contributed by atoms with E-state index in [0.717, 1.165) is 18.5 Å². The molecule has 1 unspecified atom stereocenters. The van der Waals surface area contributed by atoms with Gasteiger partial charge in [-0.25, -0.2) is 4.98 Å². The smallest absolute Gasteiger partial charge is 0.142 e. The highest BCUT2D eigenvalue weighted by Crippen LogP contribution is 2.30. The Labute approximate surface area is 113 Å². The second kappa shape index (κ2) is 4.70. The molecule has 1 N–H and O–H groups in total. The number of aryl methyl sites for hydroxylation is 2. The zero-order valence-corrected chi connectivity index (χ0v) is 11.4. The maximum Gasteiger partial charge on any atom is 0.142 e. The topological polar surface area (TPSA) is 41.3 Å². The van der Waals surface area contributed by atoms with Crippen LogP contribution in [0.25, 0.3) is 0 Å². The highest BCUT2D eigenvalue weighted by molar-refractivity contribution is 5.56. The number of fused-ring (bicyclic) bond motifs is 1. The van der Waals surface area contributed by atoms with Gasteiger partial charge >= 0.3 is 0 Å². The van der Waals surface area contributed by atoms with E-state index in [9.17, 15) is 5.11 Å². The lowest BCUT2D eigenvalue weighted by Crippen LogP contribution is -2.24. The van der Waals surface area contributed by atoms with Gasteiger partial charge in [0.05, 0.1) is 0 Å². The lowest BCUT2D eigenvalue weighted by molar-refractivity contribution is 0.206. The highest BCUT2D eigenvalue weighted by atomic mass is 16.3. The zero-order chi connectivity index (χ0) is 13.4. The molecule has 4 heteroatoms. The van der Waals surface area contributed by atoms with E-state index in [4.69, 9.17) is 0 Å². The normalized spacial score (nSPS) is 16.3. The Bertz CT molecular complexity index is 591. The molecule has 1 aliphatic heterocycles. The Hall–Kier alpha value is -1.81. The Morgan fingerprint density at radius 1 is 1.32 bits per heavy atom. The Morgan fingerprint density at radius 3 is 2.89 bits per heavy atom. The van der Waals surface area contributed by atoms with Gasteiger partial charge in [0, 0.05) is 38.7 Å². The van der Waals surface area contributed by atoms with Gasteiger partial charge in [0.1, 0.15) is 11.9 Å². The Kier molecular flexibility index (Phi) is 3.03. The van der Waals surface area contributed by atoms with Crippen molar-refractivity contribution in [1.29, 1.82) is 0 Å². The standard InChI is InChI=1S/C15H19N3O/c1-17-8-3-4-11-10-12(5-6-13(11)17)14(19)15-16-7-9-18(15)2/h5-7,9-10,14,19H,3-4,8H2,1-2H3. The molecule has 4 nitrogen and oxygen atoms in total. The largest absolute Gasteiger partial charge is 0.380 e. The van der Waals surface area contributed by atoms with Gasteiger partial charge in [-0.2, -0.15) is 0 Å². The summed E-state index contributed by atoms with van der Waals surface area (Å²) in [4.78, 5) is 6.50. The van der Waals surface area contributed by atoms with Crippen molar-refractivity contribution in [2.45, 2.75) is 18.9 Å². The van der Waals surface area contributed by atoms with Crippen LogP contribution in [0.2, 0.25) is 0 Å². The predicted octanol–water partition coefficient (Wildman–Crippen LogP) is 1.88. The van der Waals surface area contributed by atoms with Crippen molar-refractivity contribution in [3.05, 3.63) is 47.5 Å². The van der Waals surface area contributed by atoms with E-state index in [-0.39, 0.29) is 0 Å². The SMILES string of the molecule is CN1CCCc2cc(C(O)c3nccn3C)ccc21. The molecule has 3 rings (SSSR count). The molecule has 1 aromatic heterocycles. The van der Waals surface area contributed by atoms with Crippen LogP contribution in [0.1, 0.15) is 29.5 Å². The first kappa shape index (κ1) is 12.2. The van der Waals surface area contributed by atoms with Crippen LogP contribution < -0.4 is 4.90 Å². The quantitative estimate of drug-likeness (QED) is 0.893. The second-order valence-corrected chi connectivity index (χ2v) is 5.21. The number of hydrogen-bond acceptors (Lipinski definition) is 3. The molecule has 0 amide bonds. The molecular formula is C15H19N3O. The lowest BCUT2D eigenvalue weighted by Gasteiger charge is -2.28. The molecule has 0 aliphatic carbocycles. The summed E-state index contributed by atoms with van der Waals surface area (Å²) in [7, 11) is 4.02. The van der Waals surface area contributed by atoms with E-state index in [1.54, 1.807) is 6.20 Å². The summed E-state index contributed by atoms with van der Waals surface area (Å²) in [5.74, 6) is 0.684. The molecule has 2 heterocycles. The van der Waals surface area contributed by atoms with Crippen LogP contribution in [0.3, 0.4) is 0 Å². The monoisotopic (exact) mass is 257 g/mol. The van der Waals surface area contributed by atoms with Gasteiger partial charge in [-0.1, -0.05) is 12.1 Å². The summed E-state index contributed by atoms with van der Waals surface area (Å²) in [6, 6.07) is 6.22. The van der Waals surface area contributed by atoms with Crippen LogP contribution in [0.4, 0.5) is 5.69 Å². The maximum atomic E-state index is 10.4. The van der Waals surface area contributed by atoms with E-state index in [0.29, 0.717) is 5.82 Å². The maximum absolute atomic E-state index is 10.4. The number of benzene rings is 1. The summed E-state index contributed by atoms with van der Waals surface area (Å²) in [6.45, 7) is 1.11. The molecule has 2 aromatic rings. The second-order valence-electron chi connectivity index (χ2n) is 5.21. The van der Waals surface area contributed by atoms with E-state index in [1.807, 2.05) is 23.9 Å². The number of aliphatic hydroxyl groups excluding tert-OH is 1. The van der Waals surface area contributed by atoms with Crippen LogP contribution in [-0.2, 0) is 13.5 Å². The molecule has 0 fully saturated rings. The van der Waals surface area contributed by atoms with Gasteiger partial charge in [-0.3, -0.25) is 0 Å². The van der Waals surface area contributed by atoms with Crippen molar-refractivity contribution in [2.75, 3.05) is 18.5 Å². The van der Waals surface area contributed by atoms with Gasteiger partial charge < -0.3 is 14.6 Å². The highest BCUT2D eigenvalue weighted by Gasteiger charge is 2.19. The van der Waals surface area contributed by atoms with Crippen LogP contribution in [0.5, 0.6) is 0 Å². The van der Waals surface area contributed by atoms with Crippen LogP contribution in [-0.4, -0.2) is 28.3 Å². The van der Waals surface area contributed by atoms with Gasteiger partial charge in [0.15, 0.2) is 0 Å². The predicted molar refractivity (Wildman–Crippen MR) is 75.3 cm³/mol. The number of nitrogens with zero attached hydrogens (tertiary/aromatic N) is 3. The number of imidazole rings is 1. The number of anilines is 1. The summed E-state index contributed by atoms with van der Waals surface area (Å²) < 4.78 is 1.86. The molecule has 1 aromatic carbocycles. The summed E-state index contributed by atoms with van der Waals surface area (Å²) in [6.07, 6.45) is 5.17. The van der Waals surface area contributed by atoms with Crippen molar-refractivity contribution in [3.8, 4) is 0 Å². The van der Waals surface area contributed by atoms with E-state index in [2.05, 4.69) is 29.1 Å². The Balaban J connectivity index is 1.96. The summed E-state index contributed by atoms with van der Waals surface area (Å²) in [5.41, 5.74) is 3.52. The average Bonchev–Trinajstić information content (AvgIpc) is 2.84. The molecule has 100 valence electrons.